The monoisotopic (exact) mass is 891 g/mol. The molecule has 3 N–H and O–H groups in total. The van der Waals surface area contributed by atoms with E-state index >= 15 is 0 Å². The number of rotatable bonds is 8. The van der Waals surface area contributed by atoms with Gasteiger partial charge in [0.1, 0.15) is 38.7 Å². The van der Waals surface area contributed by atoms with Crippen LogP contribution in [0.5, 0.6) is 0 Å². The largest absolute Gasteiger partial charge is 0.477 e. The van der Waals surface area contributed by atoms with E-state index in [9.17, 15) is 19.2 Å². The van der Waals surface area contributed by atoms with Gasteiger partial charge >= 0.3 is 18.2 Å². The second-order valence-corrected chi connectivity index (χ2v) is 24.3. The van der Waals surface area contributed by atoms with Crippen LogP contribution in [0.1, 0.15) is 109 Å². The van der Waals surface area contributed by atoms with E-state index in [0.29, 0.717) is 29.5 Å². The van der Waals surface area contributed by atoms with Crippen molar-refractivity contribution in [2.45, 2.75) is 130 Å². The summed E-state index contributed by atoms with van der Waals surface area (Å²) >= 11 is 12.2. The number of aromatic carboxylic acids is 1. The molecule has 0 saturated heterocycles. The van der Waals surface area contributed by atoms with Gasteiger partial charge in [-0.25, -0.2) is 24.4 Å². The third-order valence-corrected chi connectivity index (χ3v) is 15.0. The third kappa shape index (κ3) is 12.4. The Kier molecular flexibility index (Phi) is 14.4. The number of amides is 2. The highest BCUT2D eigenvalue weighted by Crippen LogP contribution is 2.45. The number of carboxylic acids is 1. The summed E-state index contributed by atoms with van der Waals surface area (Å²) in [5, 5.41) is 17.7. The first kappa shape index (κ1) is 48.3. The van der Waals surface area contributed by atoms with E-state index in [2.05, 4.69) is 61.0 Å². The van der Waals surface area contributed by atoms with Gasteiger partial charge in [-0.1, -0.05) is 50.9 Å². The molecule has 2 fully saturated rings. The number of hydrogen-bond acceptors (Lipinski definition) is 12. The van der Waals surface area contributed by atoms with Crippen LogP contribution in [-0.4, -0.2) is 104 Å². The fourth-order valence-corrected chi connectivity index (χ4v) is 7.10. The van der Waals surface area contributed by atoms with Crippen molar-refractivity contribution in [3.05, 3.63) is 46.0 Å². The standard InChI is InChI=1S/C23H35ClN4O4Si.C13H15ClN4O4.C4H9N/c1-22(2,3)31-21(30)27(7)19-12-18(24)26-20-15(13-25-28(19)20)16(29)10-14-11-17(14)32-33(8,9)23(4,5)6;1-13(2,3)22-12(21)17(4)9-5-8(14)16-10-7(11(19)20)6-15-18(9)10;1-3-2-4(3)5/h12-14,17H,10-11H2,1-9H3;5-6H,1-4H3,(H,19,20);3-4H,2,5H2,1H3/t14?,17-;;3?,4-/m0.1/s1. The van der Waals surface area contributed by atoms with Gasteiger partial charge in [-0.15, -0.1) is 0 Å². The first-order chi connectivity index (χ1) is 27.4. The quantitative estimate of drug-likeness (QED) is 0.0967. The lowest BCUT2D eigenvalue weighted by atomic mass is 10.1. The minimum Gasteiger partial charge on any atom is -0.477 e. The molecule has 0 bridgehead atoms. The minimum atomic E-state index is -1.87. The molecular formula is C40H59Cl2N9O8Si. The SMILES string of the molecule is CC1C[C@H]1N.CN(C(=O)OC(C)(C)C)c1cc(Cl)nc2c(C(=O)CC3C[C@@H]3O[Si](C)(C)C(C)(C)C)cnn12.CN(C(=O)OC(C)(C)C)c1cc(Cl)nc2c(C(=O)O)cnn12. The summed E-state index contributed by atoms with van der Waals surface area (Å²) in [7, 11) is 1.17. The molecule has 4 aromatic rings. The number of anilines is 2. The molecule has 0 aromatic carbocycles. The smallest absolute Gasteiger partial charge is 0.415 e. The number of halogens is 2. The molecule has 330 valence electrons. The van der Waals surface area contributed by atoms with E-state index in [4.69, 9.17) is 47.9 Å². The van der Waals surface area contributed by atoms with Crippen molar-refractivity contribution in [3.8, 4) is 0 Å². The summed E-state index contributed by atoms with van der Waals surface area (Å²) < 4.78 is 19.8. The number of fused-ring (bicyclic) bond motifs is 2. The molecule has 20 heteroatoms. The summed E-state index contributed by atoms with van der Waals surface area (Å²) in [4.78, 5) is 59.7. The van der Waals surface area contributed by atoms with Crippen molar-refractivity contribution in [2.24, 2.45) is 17.6 Å². The number of carboxylic acid groups (broad SMARTS) is 1. The van der Waals surface area contributed by atoms with Crippen LogP contribution in [0.2, 0.25) is 28.4 Å². The summed E-state index contributed by atoms with van der Waals surface area (Å²) in [5.74, 6) is 0.396. The molecule has 60 heavy (non-hydrogen) atoms. The minimum absolute atomic E-state index is 0.0425. The summed E-state index contributed by atoms with van der Waals surface area (Å²) in [6.07, 6.45) is 4.08. The number of carbonyl (C=O) groups excluding carboxylic acids is 3. The van der Waals surface area contributed by atoms with Gasteiger partial charge in [0, 0.05) is 44.8 Å². The maximum atomic E-state index is 13.1. The van der Waals surface area contributed by atoms with Gasteiger partial charge in [-0.2, -0.15) is 19.2 Å². The van der Waals surface area contributed by atoms with Crippen molar-refractivity contribution < 1.29 is 38.2 Å². The first-order valence-corrected chi connectivity index (χ1v) is 23.3. The Bertz CT molecular complexity index is 2240. The van der Waals surface area contributed by atoms with Crippen molar-refractivity contribution in [1.29, 1.82) is 0 Å². The van der Waals surface area contributed by atoms with Crippen molar-refractivity contribution in [1.82, 2.24) is 29.2 Å². The average molecular weight is 893 g/mol. The Morgan fingerprint density at radius 2 is 1.22 bits per heavy atom. The van der Waals surface area contributed by atoms with Crippen LogP contribution in [0.3, 0.4) is 0 Å². The lowest BCUT2D eigenvalue weighted by Gasteiger charge is -2.36. The van der Waals surface area contributed by atoms with E-state index in [1.54, 1.807) is 48.6 Å². The van der Waals surface area contributed by atoms with Crippen LogP contribution in [0.15, 0.2) is 24.5 Å². The summed E-state index contributed by atoms with van der Waals surface area (Å²) in [6.45, 7) is 23.8. The number of aromatic nitrogens is 6. The van der Waals surface area contributed by atoms with Crippen molar-refractivity contribution in [3.63, 3.8) is 0 Å². The molecule has 2 aliphatic rings. The number of ketones is 1. The number of carbonyl (C=O) groups is 4. The molecule has 0 spiro atoms. The van der Waals surface area contributed by atoms with Gasteiger partial charge < -0.3 is 24.7 Å². The maximum absolute atomic E-state index is 13.1. The van der Waals surface area contributed by atoms with E-state index < -0.39 is 37.7 Å². The number of Topliss-reactive ketones (excluding diaryl/α,β-unsaturated/α-hetero) is 1. The molecule has 4 atom stereocenters. The molecule has 4 heterocycles. The number of ether oxygens (including phenoxy) is 2. The zero-order valence-corrected chi connectivity index (χ0v) is 39.5. The van der Waals surface area contributed by atoms with Gasteiger partial charge in [0.2, 0.25) is 0 Å². The second-order valence-electron chi connectivity index (χ2n) is 18.8. The Morgan fingerprint density at radius 1 is 0.817 bits per heavy atom. The fourth-order valence-electron chi connectivity index (χ4n) is 5.34. The molecular weight excluding hydrogens is 833 g/mol. The molecule has 6 rings (SSSR count). The molecule has 0 aliphatic heterocycles. The molecule has 2 aliphatic carbocycles. The van der Waals surface area contributed by atoms with E-state index in [1.807, 2.05) is 0 Å². The summed E-state index contributed by atoms with van der Waals surface area (Å²) in [5.41, 5.74) is 4.68. The van der Waals surface area contributed by atoms with Gasteiger partial charge in [-0.05, 0) is 84.4 Å². The first-order valence-electron chi connectivity index (χ1n) is 19.6. The fraction of sp³-hybridized carbons (Fsp3) is 0.600. The Labute approximate surface area is 362 Å². The van der Waals surface area contributed by atoms with Crippen LogP contribution in [0.25, 0.3) is 11.3 Å². The van der Waals surface area contributed by atoms with Gasteiger partial charge in [0.25, 0.3) is 0 Å². The lowest BCUT2D eigenvalue weighted by molar-refractivity contribution is 0.0577. The van der Waals surface area contributed by atoms with Crippen LogP contribution >= 0.6 is 23.2 Å². The van der Waals surface area contributed by atoms with Crippen LogP contribution in [0.4, 0.5) is 21.2 Å². The Balaban J connectivity index is 0.000000251. The number of nitrogens with two attached hydrogens (primary N) is 1. The van der Waals surface area contributed by atoms with Gasteiger partial charge in [0.05, 0.1) is 18.0 Å². The van der Waals surface area contributed by atoms with Crippen LogP contribution in [0, 0.1) is 11.8 Å². The molecule has 2 saturated carbocycles. The van der Waals surface area contributed by atoms with Gasteiger partial charge in [0.15, 0.2) is 25.4 Å². The third-order valence-electron chi connectivity index (χ3n) is 10.1. The van der Waals surface area contributed by atoms with Crippen molar-refractivity contribution >= 4 is 78.4 Å². The molecule has 2 amide bonds. The number of hydrogen-bond donors (Lipinski definition) is 2. The van der Waals surface area contributed by atoms with Crippen molar-refractivity contribution in [2.75, 3.05) is 23.9 Å². The zero-order valence-electron chi connectivity index (χ0n) is 37.0. The topological polar surface area (TPSA) is 209 Å². The van der Waals surface area contributed by atoms with E-state index in [1.165, 1.54) is 50.6 Å². The highest BCUT2D eigenvalue weighted by atomic mass is 35.5. The van der Waals surface area contributed by atoms with Crippen LogP contribution in [-0.2, 0) is 13.9 Å². The van der Waals surface area contributed by atoms with E-state index in [-0.39, 0.29) is 50.2 Å². The Hall–Kier alpha value is -4.36. The molecule has 0 radical (unpaired) electrons. The number of nitrogens with zero attached hydrogens (tertiary/aromatic N) is 8. The second kappa shape index (κ2) is 17.9. The average Bonchev–Trinajstić information content (AvgIpc) is 3.82. The summed E-state index contributed by atoms with van der Waals surface area (Å²) in [6, 6.07) is 3.47. The molecule has 2 unspecified atom stereocenters. The molecule has 17 nitrogen and oxygen atoms in total. The predicted molar refractivity (Wildman–Crippen MR) is 233 cm³/mol. The van der Waals surface area contributed by atoms with Crippen LogP contribution < -0.4 is 15.5 Å². The normalized spacial score (nSPS) is 18.8. The van der Waals surface area contributed by atoms with E-state index in [0.717, 1.165) is 18.5 Å². The maximum Gasteiger partial charge on any atom is 0.415 e. The zero-order chi connectivity index (χ0) is 45.4. The highest BCUT2D eigenvalue weighted by Gasteiger charge is 2.47. The lowest BCUT2D eigenvalue weighted by Crippen LogP contribution is -2.41. The van der Waals surface area contributed by atoms with Gasteiger partial charge in [-0.3, -0.25) is 14.6 Å². The predicted octanol–water partition coefficient (Wildman–Crippen LogP) is 8.54. The Morgan fingerprint density at radius 3 is 1.58 bits per heavy atom. The molecule has 4 aromatic heterocycles. The highest BCUT2D eigenvalue weighted by molar-refractivity contribution is 6.74.